The van der Waals surface area contributed by atoms with Gasteiger partial charge < -0.3 is 4.74 Å². The van der Waals surface area contributed by atoms with Crippen LogP contribution in [0.3, 0.4) is 0 Å². The van der Waals surface area contributed by atoms with Gasteiger partial charge in [-0.3, -0.25) is 0 Å². The summed E-state index contributed by atoms with van der Waals surface area (Å²) in [5.74, 6) is 0.722. The number of sulfonamides is 1. The number of rotatable bonds is 7. The Hall–Kier alpha value is -2.83. The number of hydrogen-bond acceptors (Lipinski definition) is 4. The Labute approximate surface area is 169 Å². The molecule has 5 nitrogen and oxygen atoms in total. The SMILES string of the molecule is Cc1ccc(COc2ccc(/C=N/NS(=O)(=O)c3ccc(Cl)cc3)cc2)cc1. The topological polar surface area (TPSA) is 67.8 Å². The number of nitrogens with one attached hydrogen (secondary N) is 1. The minimum absolute atomic E-state index is 0.0916. The van der Waals surface area contributed by atoms with Crippen molar-refractivity contribution in [3.8, 4) is 5.75 Å². The fourth-order valence-electron chi connectivity index (χ4n) is 2.34. The smallest absolute Gasteiger partial charge is 0.276 e. The highest BCUT2D eigenvalue weighted by atomic mass is 35.5. The lowest BCUT2D eigenvalue weighted by Gasteiger charge is -2.07. The van der Waals surface area contributed by atoms with E-state index in [1.54, 1.807) is 12.1 Å². The Balaban J connectivity index is 1.56. The monoisotopic (exact) mass is 414 g/mol. The van der Waals surface area contributed by atoms with Crippen LogP contribution in [0, 0.1) is 6.92 Å². The largest absolute Gasteiger partial charge is 0.489 e. The lowest BCUT2D eigenvalue weighted by molar-refractivity contribution is 0.306. The van der Waals surface area contributed by atoms with Crippen molar-refractivity contribution in [2.24, 2.45) is 5.10 Å². The number of aryl methyl sites for hydroxylation is 1. The van der Waals surface area contributed by atoms with E-state index in [-0.39, 0.29) is 4.90 Å². The molecule has 0 saturated heterocycles. The van der Waals surface area contributed by atoms with E-state index in [1.165, 1.54) is 36.0 Å². The van der Waals surface area contributed by atoms with Crippen molar-refractivity contribution in [2.45, 2.75) is 18.4 Å². The zero-order valence-corrected chi connectivity index (χ0v) is 16.7. The Morgan fingerprint density at radius 2 is 1.61 bits per heavy atom. The fourth-order valence-corrected chi connectivity index (χ4v) is 3.26. The van der Waals surface area contributed by atoms with Gasteiger partial charge in [0.25, 0.3) is 10.0 Å². The molecule has 28 heavy (non-hydrogen) atoms. The summed E-state index contributed by atoms with van der Waals surface area (Å²) in [6.45, 7) is 2.52. The minimum atomic E-state index is -3.73. The fraction of sp³-hybridized carbons (Fsp3) is 0.0952. The van der Waals surface area contributed by atoms with Crippen molar-refractivity contribution >= 4 is 27.8 Å². The average molecular weight is 415 g/mol. The molecule has 0 spiro atoms. The van der Waals surface area contributed by atoms with Gasteiger partial charge in [-0.05, 0) is 66.6 Å². The molecule has 0 aliphatic rings. The maximum atomic E-state index is 12.1. The van der Waals surface area contributed by atoms with E-state index in [0.717, 1.165) is 16.9 Å². The molecule has 0 radical (unpaired) electrons. The first-order valence-corrected chi connectivity index (χ1v) is 10.4. The second-order valence-corrected chi connectivity index (χ2v) is 8.25. The summed E-state index contributed by atoms with van der Waals surface area (Å²) >= 11 is 5.77. The molecule has 0 aromatic heterocycles. The first kappa shape index (κ1) is 19.9. The molecule has 0 atom stereocenters. The van der Waals surface area contributed by atoms with Gasteiger partial charge in [0.1, 0.15) is 12.4 Å². The van der Waals surface area contributed by atoms with Crippen LogP contribution in [0.4, 0.5) is 0 Å². The van der Waals surface area contributed by atoms with Crippen LogP contribution in [0.2, 0.25) is 5.02 Å². The second-order valence-electron chi connectivity index (χ2n) is 6.15. The second kappa shape index (κ2) is 8.91. The number of halogens is 1. The Bertz CT molecular complexity index is 1050. The number of ether oxygens (including phenoxy) is 1. The summed E-state index contributed by atoms with van der Waals surface area (Å²) in [5, 5.41) is 4.27. The van der Waals surface area contributed by atoms with Crippen molar-refractivity contribution < 1.29 is 13.2 Å². The molecule has 3 rings (SSSR count). The quantitative estimate of drug-likeness (QED) is 0.456. The zero-order valence-electron chi connectivity index (χ0n) is 15.2. The van der Waals surface area contributed by atoms with Gasteiger partial charge in [-0.2, -0.15) is 13.5 Å². The highest BCUT2D eigenvalue weighted by Gasteiger charge is 2.11. The third-order valence-electron chi connectivity index (χ3n) is 3.92. The zero-order chi connectivity index (χ0) is 20.0. The lowest BCUT2D eigenvalue weighted by Crippen LogP contribution is -2.18. The van der Waals surface area contributed by atoms with Gasteiger partial charge in [-0.15, -0.1) is 0 Å². The minimum Gasteiger partial charge on any atom is -0.489 e. The molecule has 0 fully saturated rings. The van der Waals surface area contributed by atoms with Crippen molar-refractivity contribution in [3.05, 3.63) is 94.5 Å². The van der Waals surface area contributed by atoms with E-state index in [9.17, 15) is 8.42 Å². The van der Waals surface area contributed by atoms with Gasteiger partial charge >= 0.3 is 0 Å². The van der Waals surface area contributed by atoms with Crippen molar-refractivity contribution in [3.63, 3.8) is 0 Å². The summed E-state index contributed by atoms with van der Waals surface area (Å²) in [7, 11) is -3.73. The van der Waals surface area contributed by atoms with E-state index < -0.39 is 10.0 Å². The van der Waals surface area contributed by atoms with Crippen molar-refractivity contribution in [1.29, 1.82) is 0 Å². The summed E-state index contributed by atoms with van der Waals surface area (Å²) < 4.78 is 30.0. The maximum Gasteiger partial charge on any atom is 0.276 e. The van der Waals surface area contributed by atoms with Gasteiger partial charge in [0.15, 0.2) is 0 Å². The molecule has 0 aliphatic heterocycles. The number of hydrazone groups is 1. The molecule has 3 aromatic rings. The maximum absolute atomic E-state index is 12.1. The third-order valence-corrected chi connectivity index (χ3v) is 5.41. The van der Waals surface area contributed by atoms with E-state index in [1.807, 2.05) is 43.3 Å². The van der Waals surface area contributed by atoms with E-state index >= 15 is 0 Å². The molecule has 0 heterocycles. The average Bonchev–Trinajstić information content (AvgIpc) is 2.69. The summed E-state index contributed by atoms with van der Waals surface area (Å²) in [5.41, 5.74) is 3.04. The van der Waals surface area contributed by atoms with Gasteiger partial charge in [0.05, 0.1) is 11.1 Å². The van der Waals surface area contributed by atoms with Gasteiger partial charge in [0.2, 0.25) is 0 Å². The molecule has 0 saturated carbocycles. The standard InChI is InChI=1S/C21H19ClN2O3S/c1-16-2-4-18(5-3-16)15-27-20-10-6-17(7-11-20)14-23-24-28(25,26)21-12-8-19(22)9-13-21/h2-14,24H,15H2,1H3/b23-14+. The lowest BCUT2D eigenvalue weighted by atomic mass is 10.2. The molecule has 0 unspecified atom stereocenters. The van der Waals surface area contributed by atoms with Crippen LogP contribution < -0.4 is 9.57 Å². The Morgan fingerprint density at radius 3 is 2.25 bits per heavy atom. The first-order chi connectivity index (χ1) is 13.4. The Morgan fingerprint density at radius 1 is 0.964 bits per heavy atom. The number of nitrogens with zero attached hydrogens (tertiary/aromatic N) is 1. The van der Waals surface area contributed by atoms with E-state index in [4.69, 9.17) is 16.3 Å². The van der Waals surface area contributed by atoms with Gasteiger partial charge in [-0.1, -0.05) is 41.4 Å². The summed E-state index contributed by atoms with van der Waals surface area (Å²) in [6.07, 6.45) is 1.43. The van der Waals surface area contributed by atoms with Crippen LogP contribution in [-0.2, 0) is 16.6 Å². The van der Waals surface area contributed by atoms with Crippen LogP contribution in [-0.4, -0.2) is 14.6 Å². The molecule has 3 aromatic carbocycles. The first-order valence-electron chi connectivity index (χ1n) is 8.51. The molecular weight excluding hydrogens is 396 g/mol. The molecule has 1 N–H and O–H groups in total. The third kappa shape index (κ3) is 5.58. The van der Waals surface area contributed by atoms with E-state index in [0.29, 0.717) is 11.6 Å². The highest BCUT2D eigenvalue weighted by Crippen LogP contribution is 2.15. The normalized spacial score (nSPS) is 11.5. The van der Waals surface area contributed by atoms with E-state index in [2.05, 4.69) is 9.93 Å². The summed E-state index contributed by atoms with van der Waals surface area (Å²) in [6, 6.07) is 21.2. The van der Waals surface area contributed by atoms with Crippen LogP contribution in [0.25, 0.3) is 0 Å². The molecule has 0 aliphatic carbocycles. The Kier molecular flexibility index (Phi) is 6.34. The molecule has 7 heteroatoms. The highest BCUT2D eigenvalue weighted by molar-refractivity contribution is 7.89. The molecule has 0 bridgehead atoms. The predicted molar refractivity (Wildman–Crippen MR) is 111 cm³/mol. The van der Waals surface area contributed by atoms with Crippen LogP contribution in [0.1, 0.15) is 16.7 Å². The number of hydrogen-bond donors (Lipinski definition) is 1. The molecular formula is C21H19ClN2O3S. The van der Waals surface area contributed by atoms with Crippen molar-refractivity contribution in [2.75, 3.05) is 0 Å². The number of benzene rings is 3. The van der Waals surface area contributed by atoms with Crippen molar-refractivity contribution in [1.82, 2.24) is 4.83 Å². The van der Waals surface area contributed by atoms with Crippen LogP contribution in [0.5, 0.6) is 5.75 Å². The summed E-state index contributed by atoms with van der Waals surface area (Å²) in [4.78, 5) is 2.27. The van der Waals surface area contributed by atoms with Gasteiger partial charge in [0, 0.05) is 5.02 Å². The molecule has 0 amide bonds. The molecule has 144 valence electrons. The van der Waals surface area contributed by atoms with Crippen LogP contribution >= 0.6 is 11.6 Å². The van der Waals surface area contributed by atoms with Crippen LogP contribution in [0.15, 0.2) is 82.8 Å². The predicted octanol–water partition coefficient (Wildman–Crippen LogP) is 4.54. The van der Waals surface area contributed by atoms with Gasteiger partial charge in [-0.25, -0.2) is 4.83 Å².